The van der Waals surface area contributed by atoms with Gasteiger partial charge in [-0.05, 0) is 33.1 Å². The summed E-state index contributed by atoms with van der Waals surface area (Å²) in [5.74, 6) is 2.90. The maximum atomic E-state index is 10.1. The van der Waals surface area contributed by atoms with Crippen LogP contribution in [0.1, 0.15) is 50.4 Å². The van der Waals surface area contributed by atoms with E-state index in [-0.39, 0.29) is 6.10 Å². The average molecular weight is 292 g/mol. The summed E-state index contributed by atoms with van der Waals surface area (Å²) in [6.45, 7) is 7.79. The van der Waals surface area contributed by atoms with Crippen molar-refractivity contribution in [3.63, 3.8) is 0 Å². The van der Waals surface area contributed by atoms with Gasteiger partial charge in [-0.2, -0.15) is 0 Å². The van der Waals surface area contributed by atoms with Crippen LogP contribution in [-0.2, 0) is 0 Å². The number of nitrogens with zero attached hydrogens (tertiary/aromatic N) is 2. The zero-order valence-electron chi connectivity index (χ0n) is 13.4. The minimum absolute atomic E-state index is 0.174. The summed E-state index contributed by atoms with van der Waals surface area (Å²) < 4.78 is 0. The van der Waals surface area contributed by atoms with Gasteiger partial charge in [0.05, 0.1) is 6.10 Å². The molecule has 5 heteroatoms. The van der Waals surface area contributed by atoms with E-state index in [0.717, 1.165) is 61.8 Å². The van der Waals surface area contributed by atoms with E-state index in [0.29, 0.717) is 5.92 Å². The second-order valence-electron chi connectivity index (χ2n) is 6.01. The Labute approximate surface area is 127 Å². The molecule has 2 atom stereocenters. The van der Waals surface area contributed by atoms with Crippen molar-refractivity contribution in [2.24, 2.45) is 5.92 Å². The third-order valence-corrected chi connectivity index (χ3v) is 4.20. The Morgan fingerprint density at radius 1 is 1.10 bits per heavy atom. The number of aromatic nitrogens is 2. The molecular weight excluding hydrogens is 264 g/mol. The molecular formula is C16H28N4O. The zero-order valence-corrected chi connectivity index (χ0v) is 13.4. The molecule has 0 aromatic carbocycles. The molecule has 21 heavy (non-hydrogen) atoms. The lowest BCUT2D eigenvalue weighted by atomic mass is 9.86. The number of hydrogen-bond donors (Lipinski definition) is 3. The van der Waals surface area contributed by atoms with E-state index in [4.69, 9.17) is 0 Å². The molecule has 0 saturated heterocycles. The van der Waals surface area contributed by atoms with E-state index in [9.17, 15) is 5.11 Å². The molecule has 2 rings (SSSR count). The molecule has 3 N–H and O–H groups in total. The summed E-state index contributed by atoms with van der Waals surface area (Å²) in [5.41, 5.74) is 1.05. The van der Waals surface area contributed by atoms with Gasteiger partial charge in [0.25, 0.3) is 0 Å². The Hall–Kier alpha value is -1.36. The number of aryl methyl sites for hydroxylation is 1. The Kier molecular flexibility index (Phi) is 5.79. The monoisotopic (exact) mass is 292 g/mol. The van der Waals surface area contributed by atoms with Gasteiger partial charge in [-0.25, -0.2) is 9.97 Å². The fourth-order valence-electron chi connectivity index (χ4n) is 2.87. The van der Waals surface area contributed by atoms with Gasteiger partial charge in [-0.3, -0.25) is 0 Å². The molecule has 118 valence electrons. The van der Waals surface area contributed by atoms with Crippen molar-refractivity contribution in [2.45, 2.75) is 59.0 Å². The maximum absolute atomic E-state index is 10.1. The molecule has 5 nitrogen and oxygen atoms in total. The summed E-state index contributed by atoms with van der Waals surface area (Å²) >= 11 is 0. The lowest BCUT2D eigenvalue weighted by Crippen LogP contribution is -2.30. The van der Waals surface area contributed by atoms with E-state index in [1.54, 1.807) is 0 Å². The molecule has 1 fully saturated rings. The summed E-state index contributed by atoms with van der Waals surface area (Å²) in [4.78, 5) is 8.98. The summed E-state index contributed by atoms with van der Waals surface area (Å²) in [6.07, 6.45) is 5.28. The van der Waals surface area contributed by atoms with Gasteiger partial charge in [-0.15, -0.1) is 0 Å². The van der Waals surface area contributed by atoms with Crippen molar-refractivity contribution in [1.82, 2.24) is 9.97 Å². The number of rotatable bonds is 6. The second kappa shape index (κ2) is 7.59. The first kappa shape index (κ1) is 16.0. The Balaban J connectivity index is 2.03. The molecule has 0 amide bonds. The number of nitrogens with one attached hydrogen (secondary N) is 2. The van der Waals surface area contributed by atoms with Crippen LogP contribution in [0.4, 0.5) is 11.6 Å². The van der Waals surface area contributed by atoms with Gasteiger partial charge in [0.2, 0.25) is 0 Å². The molecule has 0 bridgehead atoms. The van der Waals surface area contributed by atoms with Gasteiger partial charge < -0.3 is 15.7 Å². The minimum Gasteiger partial charge on any atom is -0.393 e. The van der Waals surface area contributed by atoms with Crippen LogP contribution < -0.4 is 10.6 Å². The lowest BCUT2D eigenvalue weighted by molar-refractivity contribution is 0.0763. The molecule has 1 aromatic rings. The number of aliphatic hydroxyl groups excluding tert-OH is 1. The summed E-state index contributed by atoms with van der Waals surface area (Å²) in [6, 6.07) is 0. The maximum Gasteiger partial charge on any atom is 0.134 e. The van der Waals surface area contributed by atoms with Crippen molar-refractivity contribution in [2.75, 3.05) is 23.7 Å². The van der Waals surface area contributed by atoms with Crippen molar-refractivity contribution < 1.29 is 5.11 Å². The summed E-state index contributed by atoms with van der Waals surface area (Å²) in [5, 5.41) is 16.8. The number of hydrogen-bond acceptors (Lipinski definition) is 5. The molecule has 0 aliphatic heterocycles. The molecule has 1 saturated carbocycles. The average Bonchev–Trinajstić information content (AvgIpc) is 2.47. The quantitative estimate of drug-likeness (QED) is 0.752. The van der Waals surface area contributed by atoms with Crippen molar-refractivity contribution in [3.8, 4) is 0 Å². The van der Waals surface area contributed by atoms with Crippen LogP contribution in [0, 0.1) is 19.8 Å². The number of aliphatic hydroxyl groups is 1. The standard InChI is InChI=1S/C16H28N4O/c1-4-9-17-15-11(2)16(20-12(3)19-15)18-10-13-7-5-6-8-14(13)21/h13-14,21H,4-10H2,1-3H3,(H2,17,18,19,20). The van der Waals surface area contributed by atoms with Crippen LogP contribution in [-0.4, -0.2) is 34.3 Å². The fraction of sp³-hybridized carbons (Fsp3) is 0.750. The molecule has 0 radical (unpaired) electrons. The third kappa shape index (κ3) is 4.30. The van der Waals surface area contributed by atoms with E-state index in [2.05, 4.69) is 27.5 Å². The predicted molar refractivity (Wildman–Crippen MR) is 86.7 cm³/mol. The predicted octanol–water partition coefficient (Wildman–Crippen LogP) is 2.88. The first-order valence-electron chi connectivity index (χ1n) is 8.12. The Morgan fingerprint density at radius 3 is 2.43 bits per heavy atom. The van der Waals surface area contributed by atoms with E-state index in [1.807, 2.05) is 13.8 Å². The van der Waals surface area contributed by atoms with E-state index < -0.39 is 0 Å². The summed E-state index contributed by atoms with van der Waals surface area (Å²) in [7, 11) is 0. The van der Waals surface area contributed by atoms with Gasteiger partial charge in [0.15, 0.2) is 0 Å². The van der Waals surface area contributed by atoms with E-state index >= 15 is 0 Å². The lowest BCUT2D eigenvalue weighted by Gasteiger charge is -2.28. The Bertz CT molecular complexity index is 464. The minimum atomic E-state index is -0.174. The van der Waals surface area contributed by atoms with Gasteiger partial charge in [-0.1, -0.05) is 19.8 Å². The molecule has 0 spiro atoms. The van der Waals surface area contributed by atoms with Crippen LogP contribution in [0.2, 0.25) is 0 Å². The molecule has 1 heterocycles. The van der Waals surface area contributed by atoms with Crippen LogP contribution in [0.15, 0.2) is 0 Å². The second-order valence-corrected chi connectivity index (χ2v) is 6.01. The molecule has 1 aliphatic carbocycles. The fourth-order valence-corrected chi connectivity index (χ4v) is 2.87. The third-order valence-electron chi connectivity index (χ3n) is 4.20. The topological polar surface area (TPSA) is 70.1 Å². The molecule has 2 unspecified atom stereocenters. The highest BCUT2D eigenvalue weighted by Crippen LogP contribution is 2.26. The van der Waals surface area contributed by atoms with E-state index in [1.165, 1.54) is 6.42 Å². The highest BCUT2D eigenvalue weighted by Gasteiger charge is 2.23. The molecule has 1 aromatic heterocycles. The van der Waals surface area contributed by atoms with Crippen LogP contribution in [0.5, 0.6) is 0 Å². The van der Waals surface area contributed by atoms with Gasteiger partial charge >= 0.3 is 0 Å². The SMILES string of the molecule is CCCNc1nc(C)nc(NCC2CCCCC2O)c1C. The van der Waals surface area contributed by atoms with Crippen LogP contribution >= 0.6 is 0 Å². The Morgan fingerprint density at radius 2 is 1.76 bits per heavy atom. The smallest absolute Gasteiger partial charge is 0.134 e. The van der Waals surface area contributed by atoms with Crippen molar-refractivity contribution in [3.05, 3.63) is 11.4 Å². The van der Waals surface area contributed by atoms with Crippen LogP contribution in [0.25, 0.3) is 0 Å². The van der Waals surface area contributed by atoms with Gasteiger partial charge in [0.1, 0.15) is 17.5 Å². The number of anilines is 2. The first-order chi connectivity index (χ1) is 10.1. The zero-order chi connectivity index (χ0) is 15.2. The highest BCUT2D eigenvalue weighted by molar-refractivity contribution is 5.57. The van der Waals surface area contributed by atoms with Crippen LogP contribution in [0.3, 0.4) is 0 Å². The highest BCUT2D eigenvalue weighted by atomic mass is 16.3. The van der Waals surface area contributed by atoms with Crippen molar-refractivity contribution >= 4 is 11.6 Å². The largest absolute Gasteiger partial charge is 0.393 e. The van der Waals surface area contributed by atoms with Gasteiger partial charge in [0, 0.05) is 24.6 Å². The normalized spacial score (nSPS) is 22.1. The first-order valence-corrected chi connectivity index (χ1v) is 8.12. The van der Waals surface area contributed by atoms with Crippen molar-refractivity contribution in [1.29, 1.82) is 0 Å². The molecule has 1 aliphatic rings.